The number of aryl methyl sites for hydroxylation is 1. The smallest absolute Gasteiger partial charge is 0.266 e. The van der Waals surface area contributed by atoms with Crippen LogP contribution in [-0.2, 0) is 4.79 Å². The van der Waals surface area contributed by atoms with Gasteiger partial charge in [0.25, 0.3) is 5.56 Å². The molecule has 4 rings (SSSR count). The minimum atomic E-state index is -0.284. The lowest BCUT2D eigenvalue weighted by Gasteiger charge is -2.13. The molecule has 0 aliphatic heterocycles. The van der Waals surface area contributed by atoms with Crippen molar-refractivity contribution in [1.82, 2.24) is 9.55 Å². The van der Waals surface area contributed by atoms with Crippen LogP contribution in [0, 0.1) is 18.3 Å². The van der Waals surface area contributed by atoms with Gasteiger partial charge >= 0.3 is 0 Å². The monoisotopic (exact) mass is 460 g/mol. The molecular weight excluding hydrogens is 444 g/mol. The predicted octanol–water partition coefficient (Wildman–Crippen LogP) is 4.95. The molecule has 0 aliphatic rings. The summed E-state index contributed by atoms with van der Waals surface area (Å²) < 4.78 is 1.53. The summed E-state index contributed by atoms with van der Waals surface area (Å²) in [6.45, 7) is 1.97. The number of amides is 1. The standard InChI is InChI=1S/C24H17ClN4O2S/c1-15-6-10-18(11-7-15)29-23(31)19-4-2-3-5-21(19)28-24(29)32-14-22(30)27-17-9-8-16(13-26)20(25)12-17/h2-12H,14H2,1H3,(H,27,30). The van der Waals surface area contributed by atoms with Crippen molar-refractivity contribution in [2.24, 2.45) is 0 Å². The van der Waals surface area contributed by atoms with Gasteiger partial charge in [0.2, 0.25) is 5.91 Å². The second-order valence-corrected chi connectivity index (χ2v) is 8.38. The molecule has 0 saturated carbocycles. The number of benzene rings is 3. The molecule has 8 heteroatoms. The number of fused-ring (bicyclic) bond motifs is 1. The summed E-state index contributed by atoms with van der Waals surface area (Å²) in [6, 6.07) is 21.4. The first-order valence-corrected chi connectivity index (χ1v) is 11.0. The zero-order valence-corrected chi connectivity index (χ0v) is 18.6. The molecule has 1 aromatic heterocycles. The van der Waals surface area contributed by atoms with Crippen LogP contribution in [0.5, 0.6) is 0 Å². The van der Waals surface area contributed by atoms with E-state index in [1.165, 1.54) is 22.4 Å². The van der Waals surface area contributed by atoms with Crippen LogP contribution in [0.1, 0.15) is 11.1 Å². The number of para-hydroxylation sites is 1. The van der Waals surface area contributed by atoms with Gasteiger partial charge in [-0.1, -0.05) is 53.2 Å². The Morgan fingerprint density at radius 2 is 1.91 bits per heavy atom. The van der Waals surface area contributed by atoms with Gasteiger partial charge in [-0.25, -0.2) is 4.98 Å². The molecule has 0 radical (unpaired) electrons. The van der Waals surface area contributed by atoms with Crippen molar-refractivity contribution in [3.05, 3.63) is 93.2 Å². The Labute approximate surface area is 193 Å². The number of hydrogen-bond acceptors (Lipinski definition) is 5. The van der Waals surface area contributed by atoms with Crippen molar-refractivity contribution < 1.29 is 4.79 Å². The van der Waals surface area contributed by atoms with Gasteiger partial charge in [0.15, 0.2) is 5.16 Å². The van der Waals surface area contributed by atoms with Crippen molar-refractivity contribution in [3.63, 3.8) is 0 Å². The topological polar surface area (TPSA) is 87.8 Å². The molecule has 0 atom stereocenters. The Morgan fingerprint density at radius 1 is 1.16 bits per heavy atom. The van der Waals surface area contributed by atoms with Gasteiger partial charge in [-0.05, 0) is 49.4 Å². The number of rotatable bonds is 5. The fourth-order valence-electron chi connectivity index (χ4n) is 3.14. The Balaban J connectivity index is 1.63. The van der Waals surface area contributed by atoms with Crippen LogP contribution in [0.4, 0.5) is 5.69 Å². The molecule has 4 aromatic rings. The number of nitrogens with zero attached hydrogens (tertiary/aromatic N) is 3. The predicted molar refractivity (Wildman–Crippen MR) is 128 cm³/mol. The summed E-state index contributed by atoms with van der Waals surface area (Å²) in [4.78, 5) is 30.4. The van der Waals surface area contributed by atoms with Crippen LogP contribution in [-0.4, -0.2) is 21.2 Å². The Kier molecular flexibility index (Phi) is 6.26. The number of aromatic nitrogens is 2. The Morgan fingerprint density at radius 3 is 2.62 bits per heavy atom. The lowest BCUT2D eigenvalue weighted by Crippen LogP contribution is -2.23. The minimum Gasteiger partial charge on any atom is -0.325 e. The molecule has 0 saturated heterocycles. The Bertz CT molecular complexity index is 1430. The fourth-order valence-corrected chi connectivity index (χ4v) is 4.18. The largest absolute Gasteiger partial charge is 0.325 e. The van der Waals surface area contributed by atoms with Crippen molar-refractivity contribution in [2.45, 2.75) is 12.1 Å². The average molecular weight is 461 g/mol. The fraction of sp³-hybridized carbons (Fsp3) is 0.0833. The summed E-state index contributed by atoms with van der Waals surface area (Å²) in [5.74, 6) is -0.248. The lowest BCUT2D eigenvalue weighted by atomic mass is 10.2. The highest BCUT2D eigenvalue weighted by Crippen LogP contribution is 2.23. The first-order valence-electron chi connectivity index (χ1n) is 9.67. The number of carbonyl (C=O) groups is 1. The molecule has 3 aromatic carbocycles. The quantitative estimate of drug-likeness (QED) is 0.336. The zero-order chi connectivity index (χ0) is 22.7. The molecule has 1 amide bonds. The molecule has 32 heavy (non-hydrogen) atoms. The maximum atomic E-state index is 13.2. The number of hydrogen-bond donors (Lipinski definition) is 1. The van der Waals surface area contributed by atoms with Crippen LogP contribution < -0.4 is 10.9 Å². The van der Waals surface area contributed by atoms with Gasteiger partial charge in [0, 0.05) is 5.69 Å². The number of nitriles is 1. The second kappa shape index (κ2) is 9.27. The molecule has 0 unspecified atom stereocenters. The minimum absolute atomic E-state index is 0.0360. The number of nitrogens with one attached hydrogen (secondary N) is 1. The van der Waals surface area contributed by atoms with E-state index in [0.717, 1.165) is 5.56 Å². The SMILES string of the molecule is Cc1ccc(-n2c(SCC(=O)Nc3ccc(C#N)c(Cl)c3)nc3ccccc3c2=O)cc1. The number of thioether (sulfide) groups is 1. The van der Waals surface area contributed by atoms with Crippen molar-refractivity contribution in [1.29, 1.82) is 5.26 Å². The molecule has 1 heterocycles. The maximum absolute atomic E-state index is 13.2. The van der Waals surface area contributed by atoms with Gasteiger partial charge in [-0.2, -0.15) is 5.26 Å². The molecule has 0 spiro atoms. The summed E-state index contributed by atoms with van der Waals surface area (Å²) in [6.07, 6.45) is 0. The van der Waals surface area contributed by atoms with Crippen LogP contribution in [0.15, 0.2) is 76.7 Å². The first-order chi connectivity index (χ1) is 15.5. The zero-order valence-electron chi connectivity index (χ0n) is 17.0. The van der Waals surface area contributed by atoms with E-state index < -0.39 is 0 Å². The third kappa shape index (κ3) is 4.52. The van der Waals surface area contributed by atoms with Crippen LogP contribution in [0.2, 0.25) is 5.02 Å². The average Bonchev–Trinajstić information content (AvgIpc) is 2.79. The van der Waals surface area contributed by atoms with Gasteiger partial charge in [0.1, 0.15) is 6.07 Å². The first kappa shape index (κ1) is 21.6. The lowest BCUT2D eigenvalue weighted by molar-refractivity contribution is -0.113. The van der Waals surface area contributed by atoms with E-state index in [2.05, 4.69) is 10.3 Å². The normalized spacial score (nSPS) is 10.7. The highest BCUT2D eigenvalue weighted by Gasteiger charge is 2.15. The number of anilines is 1. The number of carbonyl (C=O) groups excluding carboxylic acids is 1. The highest BCUT2D eigenvalue weighted by atomic mass is 35.5. The van der Waals surface area contributed by atoms with Crippen LogP contribution in [0.25, 0.3) is 16.6 Å². The van der Waals surface area contributed by atoms with E-state index in [1.54, 1.807) is 30.3 Å². The molecule has 0 fully saturated rings. The van der Waals surface area contributed by atoms with E-state index in [4.69, 9.17) is 16.9 Å². The molecule has 6 nitrogen and oxygen atoms in total. The summed E-state index contributed by atoms with van der Waals surface area (Å²) >= 11 is 7.20. The maximum Gasteiger partial charge on any atom is 0.266 e. The van der Waals surface area contributed by atoms with E-state index in [-0.39, 0.29) is 22.2 Å². The van der Waals surface area contributed by atoms with Crippen molar-refractivity contribution >= 4 is 45.9 Å². The van der Waals surface area contributed by atoms with E-state index >= 15 is 0 Å². The van der Waals surface area contributed by atoms with Gasteiger partial charge in [-0.3, -0.25) is 14.2 Å². The van der Waals surface area contributed by atoms with E-state index in [0.29, 0.717) is 33.0 Å². The summed E-state index contributed by atoms with van der Waals surface area (Å²) in [5, 5.41) is 12.9. The van der Waals surface area contributed by atoms with Gasteiger partial charge in [-0.15, -0.1) is 0 Å². The van der Waals surface area contributed by atoms with E-state index in [1.807, 2.05) is 43.3 Å². The molecule has 1 N–H and O–H groups in total. The molecule has 0 aliphatic carbocycles. The summed E-state index contributed by atoms with van der Waals surface area (Å²) in [5.41, 5.74) is 2.96. The van der Waals surface area contributed by atoms with Gasteiger partial charge < -0.3 is 5.32 Å². The van der Waals surface area contributed by atoms with Crippen LogP contribution in [0.3, 0.4) is 0 Å². The van der Waals surface area contributed by atoms with Crippen molar-refractivity contribution in [3.8, 4) is 11.8 Å². The molecule has 158 valence electrons. The molecular formula is C24H17ClN4O2S. The summed E-state index contributed by atoms with van der Waals surface area (Å²) in [7, 11) is 0. The van der Waals surface area contributed by atoms with Gasteiger partial charge in [0.05, 0.1) is 32.9 Å². The number of halogens is 1. The third-order valence-corrected chi connectivity index (χ3v) is 5.99. The second-order valence-electron chi connectivity index (χ2n) is 7.03. The third-order valence-electron chi connectivity index (χ3n) is 4.74. The Hall–Kier alpha value is -3.60. The highest BCUT2D eigenvalue weighted by molar-refractivity contribution is 7.99. The van der Waals surface area contributed by atoms with Crippen molar-refractivity contribution in [2.75, 3.05) is 11.1 Å². The van der Waals surface area contributed by atoms with E-state index in [9.17, 15) is 9.59 Å². The molecule has 0 bridgehead atoms. The van der Waals surface area contributed by atoms with Crippen LogP contribution >= 0.6 is 23.4 Å².